The number of phosphoric acid groups is 2. The smallest absolute Gasteiger partial charge is 0.462 e. The summed E-state index contributed by atoms with van der Waals surface area (Å²) in [7, 11) is -9.90. The summed E-state index contributed by atoms with van der Waals surface area (Å²) in [6.07, 6.45) is 41.9. The molecule has 0 amide bonds. The maximum absolute atomic E-state index is 13.0. The van der Waals surface area contributed by atoms with Crippen LogP contribution in [0.3, 0.4) is 0 Å². The van der Waals surface area contributed by atoms with Gasteiger partial charge < -0.3 is 33.8 Å². The zero-order valence-corrected chi connectivity index (χ0v) is 59.8. The number of carbonyl (C=O) groups excluding carboxylic acids is 4. The number of hydrogen-bond donors (Lipinski definition) is 3. The van der Waals surface area contributed by atoms with Crippen LogP contribution in [0.2, 0.25) is 0 Å². The van der Waals surface area contributed by atoms with Crippen LogP contribution in [0.5, 0.6) is 0 Å². The molecule has 17 nitrogen and oxygen atoms in total. The van der Waals surface area contributed by atoms with E-state index < -0.39 is 97.5 Å². The third-order valence-corrected chi connectivity index (χ3v) is 18.7. The summed E-state index contributed by atoms with van der Waals surface area (Å²) in [4.78, 5) is 72.5. The van der Waals surface area contributed by atoms with Gasteiger partial charge >= 0.3 is 39.5 Å². The predicted molar refractivity (Wildman–Crippen MR) is 358 cm³/mol. The van der Waals surface area contributed by atoms with E-state index in [2.05, 4.69) is 55.4 Å². The van der Waals surface area contributed by atoms with Crippen LogP contribution in [-0.4, -0.2) is 96.7 Å². The van der Waals surface area contributed by atoms with Crippen molar-refractivity contribution < 1.29 is 80.2 Å². The van der Waals surface area contributed by atoms with Gasteiger partial charge in [0.05, 0.1) is 26.4 Å². The standard InChI is InChI=1S/C70H136O17P2/c1-9-62(7)48-40-32-23-20-21-24-34-42-50-67(72)80-56-65(86-69(74)52-44-36-25-19-17-15-13-11-12-14-16-18-22-30-38-46-60(3)4)58-84-88(76,77)82-54-64(71)55-83-89(78,79)85-59-66(87-70(75)53-45-37-28-26-31-39-47-61(5)6)57-81-68(73)51-43-35-29-27-33-41-49-63(8)10-2/h60-66,71H,9-59H2,1-8H3,(H,76,77)(H,78,79)/t62?,63?,64-,65-,66-/m1/s1. The Bertz CT molecular complexity index is 1770. The second-order valence-electron chi connectivity index (χ2n) is 26.7. The summed E-state index contributed by atoms with van der Waals surface area (Å²) in [5, 5.41) is 10.6. The summed E-state index contributed by atoms with van der Waals surface area (Å²) in [5.74, 6) is 0.845. The van der Waals surface area contributed by atoms with Gasteiger partial charge in [-0.05, 0) is 49.4 Å². The summed E-state index contributed by atoms with van der Waals surface area (Å²) in [6.45, 7) is 14.0. The SMILES string of the molecule is CCC(C)CCCCCCCCCCC(=O)OC[C@H](COP(=O)(O)OC[C@@H](O)COP(=O)(O)OC[C@@H](COC(=O)CCCCCCCCC(C)CC)OC(=O)CCCCCCCCC(C)C)OC(=O)CCCCCCCCCCCCCCCCCC(C)C. The lowest BCUT2D eigenvalue weighted by Crippen LogP contribution is -2.30. The van der Waals surface area contributed by atoms with Crippen LogP contribution in [0.4, 0.5) is 0 Å². The van der Waals surface area contributed by atoms with Crippen LogP contribution in [-0.2, 0) is 65.4 Å². The number of aliphatic hydroxyl groups is 1. The Morgan fingerprint density at radius 2 is 0.539 bits per heavy atom. The highest BCUT2D eigenvalue weighted by atomic mass is 31.2. The van der Waals surface area contributed by atoms with E-state index in [0.717, 1.165) is 114 Å². The lowest BCUT2D eigenvalue weighted by molar-refractivity contribution is -0.161. The number of hydrogen-bond acceptors (Lipinski definition) is 15. The lowest BCUT2D eigenvalue weighted by atomic mass is 9.99. The fourth-order valence-corrected chi connectivity index (χ4v) is 12.0. The molecule has 0 aliphatic heterocycles. The van der Waals surface area contributed by atoms with Crippen LogP contribution >= 0.6 is 15.6 Å². The molecule has 0 spiro atoms. The predicted octanol–water partition coefficient (Wildman–Crippen LogP) is 19.7. The number of aliphatic hydroxyl groups excluding tert-OH is 1. The Balaban J connectivity index is 5.22. The second kappa shape index (κ2) is 59.8. The molecule has 0 saturated carbocycles. The van der Waals surface area contributed by atoms with Crippen molar-refractivity contribution in [3.05, 3.63) is 0 Å². The molecule has 89 heavy (non-hydrogen) atoms. The average molecular weight is 1310 g/mol. The maximum Gasteiger partial charge on any atom is 0.472 e. The van der Waals surface area contributed by atoms with E-state index in [1.54, 1.807) is 0 Å². The first-order chi connectivity index (χ1) is 42.7. The number of carbonyl (C=O) groups is 4. The molecule has 0 aliphatic rings. The van der Waals surface area contributed by atoms with Crippen LogP contribution in [0.15, 0.2) is 0 Å². The Labute approximate surface area is 543 Å². The summed E-state index contributed by atoms with van der Waals surface area (Å²) in [6, 6.07) is 0. The van der Waals surface area contributed by atoms with Crippen LogP contribution in [0.1, 0.15) is 344 Å². The third-order valence-electron chi connectivity index (χ3n) is 16.8. The molecule has 0 fully saturated rings. The van der Waals surface area contributed by atoms with Gasteiger partial charge in [-0.2, -0.15) is 0 Å². The quantitative estimate of drug-likeness (QED) is 0.0222. The maximum atomic E-state index is 13.0. The highest BCUT2D eigenvalue weighted by Crippen LogP contribution is 2.45. The monoisotopic (exact) mass is 1310 g/mol. The minimum atomic E-state index is -4.95. The molecule has 0 aromatic carbocycles. The first kappa shape index (κ1) is 87.1. The van der Waals surface area contributed by atoms with E-state index in [4.69, 9.17) is 37.0 Å². The summed E-state index contributed by atoms with van der Waals surface area (Å²) in [5.41, 5.74) is 0. The molecule has 0 radical (unpaired) electrons. The van der Waals surface area contributed by atoms with E-state index in [-0.39, 0.29) is 25.7 Å². The van der Waals surface area contributed by atoms with Crippen LogP contribution in [0, 0.1) is 23.7 Å². The van der Waals surface area contributed by atoms with E-state index in [0.29, 0.717) is 31.6 Å². The van der Waals surface area contributed by atoms with Crippen molar-refractivity contribution in [1.82, 2.24) is 0 Å². The largest absolute Gasteiger partial charge is 0.472 e. The molecule has 0 aliphatic carbocycles. The molecule has 0 bridgehead atoms. The topological polar surface area (TPSA) is 237 Å². The van der Waals surface area contributed by atoms with Crippen LogP contribution < -0.4 is 0 Å². The highest BCUT2D eigenvalue weighted by Gasteiger charge is 2.30. The molecule has 7 atom stereocenters. The Kier molecular flexibility index (Phi) is 58.5. The van der Waals surface area contributed by atoms with Gasteiger partial charge in [-0.1, -0.05) is 293 Å². The van der Waals surface area contributed by atoms with E-state index >= 15 is 0 Å². The number of esters is 4. The van der Waals surface area contributed by atoms with Crippen molar-refractivity contribution in [2.24, 2.45) is 23.7 Å². The van der Waals surface area contributed by atoms with Crippen molar-refractivity contribution in [2.75, 3.05) is 39.6 Å². The fourth-order valence-electron chi connectivity index (χ4n) is 10.4. The number of rotatable bonds is 67. The molecular formula is C70H136O17P2. The molecule has 0 aromatic rings. The normalized spacial score (nSPS) is 14.9. The van der Waals surface area contributed by atoms with Gasteiger partial charge in [0.2, 0.25) is 0 Å². The Morgan fingerprint density at radius 1 is 0.315 bits per heavy atom. The van der Waals surface area contributed by atoms with Gasteiger partial charge in [-0.25, -0.2) is 9.13 Å². The molecule has 0 heterocycles. The van der Waals surface area contributed by atoms with Crippen LogP contribution in [0.25, 0.3) is 0 Å². The van der Waals surface area contributed by atoms with E-state index in [1.807, 2.05) is 0 Å². The molecule has 528 valence electrons. The zero-order chi connectivity index (χ0) is 66.1. The van der Waals surface area contributed by atoms with E-state index in [1.165, 1.54) is 141 Å². The van der Waals surface area contributed by atoms with Gasteiger partial charge in [0.1, 0.15) is 19.3 Å². The van der Waals surface area contributed by atoms with Gasteiger partial charge in [-0.3, -0.25) is 37.3 Å². The molecule has 3 N–H and O–H groups in total. The van der Waals surface area contributed by atoms with Gasteiger partial charge in [0.25, 0.3) is 0 Å². The van der Waals surface area contributed by atoms with Crippen molar-refractivity contribution in [2.45, 2.75) is 363 Å². The molecular weight excluding hydrogens is 1170 g/mol. The highest BCUT2D eigenvalue weighted by molar-refractivity contribution is 7.47. The average Bonchev–Trinajstić information content (AvgIpc) is 3.66. The first-order valence-corrected chi connectivity index (χ1v) is 39.3. The minimum Gasteiger partial charge on any atom is -0.462 e. The molecule has 0 saturated heterocycles. The third kappa shape index (κ3) is 62.0. The Morgan fingerprint density at radius 3 is 0.798 bits per heavy atom. The zero-order valence-electron chi connectivity index (χ0n) is 58.1. The van der Waals surface area contributed by atoms with Gasteiger partial charge in [0.15, 0.2) is 12.2 Å². The minimum absolute atomic E-state index is 0.101. The number of phosphoric ester groups is 2. The molecule has 19 heteroatoms. The van der Waals surface area contributed by atoms with Crippen molar-refractivity contribution >= 4 is 39.5 Å². The summed E-state index contributed by atoms with van der Waals surface area (Å²) < 4.78 is 68.2. The summed E-state index contributed by atoms with van der Waals surface area (Å²) >= 11 is 0. The molecule has 0 aromatic heterocycles. The molecule has 4 unspecified atom stereocenters. The van der Waals surface area contributed by atoms with Gasteiger partial charge in [-0.15, -0.1) is 0 Å². The molecule has 0 rings (SSSR count). The fraction of sp³-hybridized carbons (Fsp3) is 0.943. The van der Waals surface area contributed by atoms with Crippen molar-refractivity contribution in [3.8, 4) is 0 Å². The van der Waals surface area contributed by atoms with Crippen molar-refractivity contribution in [1.29, 1.82) is 0 Å². The second-order valence-corrected chi connectivity index (χ2v) is 29.6. The number of unbranched alkanes of at least 4 members (excludes halogenated alkanes) is 31. The number of ether oxygens (including phenoxy) is 4. The van der Waals surface area contributed by atoms with Crippen molar-refractivity contribution in [3.63, 3.8) is 0 Å². The first-order valence-electron chi connectivity index (χ1n) is 36.3. The van der Waals surface area contributed by atoms with Gasteiger partial charge in [0, 0.05) is 25.7 Å². The van der Waals surface area contributed by atoms with E-state index in [9.17, 15) is 43.2 Å². The lowest BCUT2D eigenvalue weighted by Gasteiger charge is -2.21. The Hall–Kier alpha value is -1.94.